The maximum absolute atomic E-state index is 6.03. The lowest BCUT2D eigenvalue weighted by Gasteiger charge is -2.06. The second kappa shape index (κ2) is 7.96. The van der Waals surface area contributed by atoms with Crippen molar-refractivity contribution in [2.24, 2.45) is 0 Å². The van der Waals surface area contributed by atoms with Crippen molar-refractivity contribution < 1.29 is 14.0 Å². The van der Waals surface area contributed by atoms with Crippen LogP contribution in [0.25, 0.3) is 11.1 Å². The minimum atomic E-state index is 0.629. The SMILES string of the molecule is CCOc1cccc(OCC)c2c(C)[n+](Cc3ccc(Cl)cc3)c(C)c1-2. The number of hydrogen-bond acceptors (Lipinski definition) is 2. The molecule has 26 heavy (non-hydrogen) atoms. The van der Waals surface area contributed by atoms with Gasteiger partial charge in [0.25, 0.3) is 0 Å². The van der Waals surface area contributed by atoms with Crippen LogP contribution in [0.1, 0.15) is 30.8 Å². The third-order valence-electron chi connectivity index (χ3n) is 4.62. The summed E-state index contributed by atoms with van der Waals surface area (Å²) in [6.07, 6.45) is 0. The van der Waals surface area contributed by atoms with Gasteiger partial charge in [-0.1, -0.05) is 29.8 Å². The third-order valence-corrected chi connectivity index (χ3v) is 4.88. The largest absolute Gasteiger partial charge is 0.493 e. The summed E-state index contributed by atoms with van der Waals surface area (Å²) in [7, 11) is 0. The van der Waals surface area contributed by atoms with Crippen LogP contribution in [0.15, 0.2) is 42.5 Å². The van der Waals surface area contributed by atoms with Crippen molar-refractivity contribution in [2.75, 3.05) is 13.2 Å². The number of halogens is 1. The van der Waals surface area contributed by atoms with Crippen molar-refractivity contribution in [3.05, 3.63) is 64.4 Å². The van der Waals surface area contributed by atoms with Crippen molar-refractivity contribution in [3.63, 3.8) is 0 Å². The van der Waals surface area contributed by atoms with Crippen LogP contribution in [0, 0.1) is 13.8 Å². The van der Waals surface area contributed by atoms with Gasteiger partial charge in [-0.3, -0.25) is 0 Å². The lowest BCUT2D eigenvalue weighted by Crippen LogP contribution is -2.37. The zero-order valence-corrected chi connectivity index (χ0v) is 16.6. The van der Waals surface area contributed by atoms with Gasteiger partial charge in [-0.05, 0) is 38.1 Å². The standard InChI is InChI=1S/C22H25ClNO2/c1-5-25-19-8-7-9-20(26-6-2)22-16(4)24(15(3)21(19)22)14-17-10-12-18(23)13-11-17/h7-13H,5-6,14H2,1-4H3/q+1. The minimum Gasteiger partial charge on any atom is -0.493 e. The molecule has 1 aromatic carbocycles. The molecule has 0 N–H and O–H groups in total. The molecule has 0 radical (unpaired) electrons. The molecule has 0 bridgehead atoms. The van der Waals surface area contributed by atoms with E-state index in [2.05, 4.69) is 30.5 Å². The molecule has 1 aromatic rings. The summed E-state index contributed by atoms with van der Waals surface area (Å²) in [5.74, 6) is 1.79. The molecule has 0 spiro atoms. The van der Waals surface area contributed by atoms with Crippen LogP contribution in [-0.2, 0) is 6.54 Å². The lowest BCUT2D eigenvalue weighted by molar-refractivity contribution is -0.695. The number of ether oxygens (including phenoxy) is 2. The molecule has 0 aromatic heterocycles. The zero-order chi connectivity index (χ0) is 18.7. The highest BCUT2D eigenvalue weighted by atomic mass is 35.5. The van der Waals surface area contributed by atoms with E-state index in [-0.39, 0.29) is 0 Å². The maximum atomic E-state index is 6.03. The molecule has 0 saturated carbocycles. The summed E-state index contributed by atoms with van der Waals surface area (Å²) >= 11 is 6.03. The van der Waals surface area contributed by atoms with E-state index in [4.69, 9.17) is 21.1 Å². The normalized spacial score (nSPS) is 11.0. The number of fused-ring (bicyclic) bond motifs is 1. The van der Waals surface area contributed by atoms with Crippen LogP contribution in [0.3, 0.4) is 0 Å². The highest BCUT2D eigenvalue weighted by Gasteiger charge is 2.31. The molecular formula is C22H25ClNO2+. The Hall–Kier alpha value is -2.26. The van der Waals surface area contributed by atoms with Crippen molar-refractivity contribution in [2.45, 2.75) is 34.2 Å². The number of benzene rings is 1. The van der Waals surface area contributed by atoms with Crippen molar-refractivity contribution >= 4 is 11.6 Å². The molecule has 3 rings (SSSR count). The Morgan fingerprint density at radius 1 is 0.808 bits per heavy atom. The summed E-state index contributed by atoms with van der Waals surface area (Å²) < 4.78 is 14.2. The monoisotopic (exact) mass is 370 g/mol. The van der Waals surface area contributed by atoms with E-state index in [1.54, 1.807) is 0 Å². The van der Waals surface area contributed by atoms with Crippen LogP contribution < -0.4 is 14.0 Å². The van der Waals surface area contributed by atoms with E-state index in [1.165, 1.54) is 17.0 Å². The van der Waals surface area contributed by atoms with Gasteiger partial charge in [-0.2, -0.15) is 4.57 Å². The topological polar surface area (TPSA) is 22.3 Å². The van der Waals surface area contributed by atoms with Gasteiger partial charge in [0.2, 0.25) is 0 Å². The fourth-order valence-electron chi connectivity index (χ4n) is 3.44. The minimum absolute atomic E-state index is 0.629. The quantitative estimate of drug-likeness (QED) is 0.557. The maximum Gasteiger partial charge on any atom is 0.190 e. The number of nitrogens with zero attached hydrogens (tertiary/aromatic N) is 1. The van der Waals surface area contributed by atoms with Crippen molar-refractivity contribution in [3.8, 4) is 22.6 Å². The van der Waals surface area contributed by atoms with E-state index in [9.17, 15) is 0 Å². The number of rotatable bonds is 6. The van der Waals surface area contributed by atoms with Crippen LogP contribution in [0.2, 0.25) is 5.02 Å². The first-order valence-electron chi connectivity index (χ1n) is 9.02. The molecule has 0 amide bonds. The average Bonchev–Trinajstić information content (AvgIpc) is 2.76. The Bertz CT molecular complexity index is 828. The first-order chi connectivity index (χ1) is 12.6. The molecule has 1 heterocycles. The fraction of sp³-hybridized carbons (Fsp3) is 0.318. The van der Waals surface area contributed by atoms with Gasteiger partial charge >= 0.3 is 0 Å². The molecular weight excluding hydrogens is 346 g/mol. The molecule has 1 aliphatic carbocycles. The lowest BCUT2D eigenvalue weighted by atomic mass is 10.1. The van der Waals surface area contributed by atoms with E-state index in [0.717, 1.165) is 34.2 Å². The summed E-state index contributed by atoms with van der Waals surface area (Å²) in [5.41, 5.74) is 5.79. The number of aromatic nitrogens is 1. The molecule has 0 saturated heterocycles. The summed E-state index contributed by atoms with van der Waals surface area (Å²) in [4.78, 5) is 0. The van der Waals surface area contributed by atoms with Crippen LogP contribution in [-0.4, -0.2) is 13.2 Å². The van der Waals surface area contributed by atoms with E-state index in [1.807, 2.05) is 44.2 Å². The summed E-state index contributed by atoms with van der Waals surface area (Å²) in [6, 6.07) is 14.0. The van der Waals surface area contributed by atoms with Gasteiger partial charge < -0.3 is 9.47 Å². The van der Waals surface area contributed by atoms with Gasteiger partial charge in [0.15, 0.2) is 17.9 Å². The van der Waals surface area contributed by atoms with Gasteiger partial charge in [-0.15, -0.1) is 0 Å². The molecule has 1 aliphatic heterocycles. The smallest absolute Gasteiger partial charge is 0.190 e. The average molecular weight is 371 g/mol. The molecule has 0 atom stereocenters. The van der Waals surface area contributed by atoms with Gasteiger partial charge in [0, 0.05) is 24.4 Å². The second-order valence-electron chi connectivity index (χ2n) is 6.25. The highest BCUT2D eigenvalue weighted by Crippen LogP contribution is 2.41. The van der Waals surface area contributed by atoms with Gasteiger partial charge in [0.1, 0.15) is 22.6 Å². The van der Waals surface area contributed by atoms with Gasteiger partial charge in [-0.25, -0.2) is 0 Å². The predicted octanol–water partition coefficient (Wildman–Crippen LogP) is 5.19. The molecule has 3 nitrogen and oxygen atoms in total. The summed E-state index contributed by atoms with van der Waals surface area (Å²) in [6.45, 7) is 10.3. The van der Waals surface area contributed by atoms with Gasteiger partial charge in [0.05, 0.1) is 13.2 Å². The fourth-order valence-corrected chi connectivity index (χ4v) is 3.56. The molecule has 0 unspecified atom stereocenters. The second-order valence-corrected chi connectivity index (χ2v) is 6.69. The first-order valence-corrected chi connectivity index (χ1v) is 9.40. The first kappa shape index (κ1) is 18.5. The Kier molecular flexibility index (Phi) is 5.67. The van der Waals surface area contributed by atoms with E-state index >= 15 is 0 Å². The molecule has 2 aliphatic rings. The molecule has 0 fully saturated rings. The third kappa shape index (κ3) is 3.49. The zero-order valence-electron chi connectivity index (χ0n) is 15.8. The highest BCUT2D eigenvalue weighted by molar-refractivity contribution is 6.30. The van der Waals surface area contributed by atoms with Crippen LogP contribution in [0.4, 0.5) is 0 Å². The van der Waals surface area contributed by atoms with Crippen LogP contribution >= 0.6 is 11.6 Å². The predicted molar refractivity (Wildman–Crippen MR) is 106 cm³/mol. The molecule has 4 heteroatoms. The Balaban J connectivity index is 2.19. The van der Waals surface area contributed by atoms with E-state index in [0.29, 0.717) is 13.2 Å². The van der Waals surface area contributed by atoms with Crippen LogP contribution in [0.5, 0.6) is 11.5 Å². The Morgan fingerprint density at radius 2 is 1.31 bits per heavy atom. The summed E-state index contributed by atoms with van der Waals surface area (Å²) in [5, 5.41) is 0.754. The number of hydrogen-bond donors (Lipinski definition) is 0. The Morgan fingerprint density at radius 3 is 1.77 bits per heavy atom. The van der Waals surface area contributed by atoms with E-state index < -0.39 is 0 Å². The Labute approximate surface area is 160 Å². The van der Waals surface area contributed by atoms with Crippen molar-refractivity contribution in [1.29, 1.82) is 0 Å². The molecule has 136 valence electrons. The van der Waals surface area contributed by atoms with Crippen molar-refractivity contribution in [1.82, 2.24) is 0 Å².